The summed E-state index contributed by atoms with van der Waals surface area (Å²) in [5, 5.41) is 9.07. The summed E-state index contributed by atoms with van der Waals surface area (Å²) < 4.78 is 18.5. The van der Waals surface area contributed by atoms with Crippen LogP contribution in [0, 0.1) is 17.1 Å². The van der Waals surface area contributed by atoms with Crippen LogP contribution in [0.1, 0.15) is 19.4 Å². The molecule has 0 bridgehead atoms. The van der Waals surface area contributed by atoms with Crippen LogP contribution in [-0.4, -0.2) is 25.3 Å². The van der Waals surface area contributed by atoms with E-state index in [2.05, 4.69) is 18.7 Å². The van der Waals surface area contributed by atoms with E-state index < -0.39 is 0 Å². The van der Waals surface area contributed by atoms with Gasteiger partial charge < -0.3 is 9.64 Å². The van der Waals surface area contributed by atoms with Gasteiger partial charge in [0.15, 0.2) is 0 Å². The molecule has 0 aliphatic carbocycles. The average molecular weight is 234 g/mol. The fraction of sp³-hybridized carbons (Fsp3) is 0.462. The molecule has 0 N–H and O–H groups in total. The van der Waals surface area contributed by atoms with Crippen molar-refractivity contribution in [3.8, 4) is 6.07 Å². The van der Waals surface area contributed by atoms with Gasteiger partial charge >= 0.3 is 0 Å². The molecule has 90 valence electrons. The second-order valence-electron chi connectivity index (χ2n) is 4.79. The lowest BCUT2D eigenvalue weighted by Gasteiger charge is -2.44. The van der Waals surface area contributed by atoms with Gasteiger partial charge in [-0.25, -0.2) is 4.39 Å². The number of hydrogen-bond acceptors (Lipinski definition) is 3. The van der Waals surface area contributed by atoms with Crippen molar-refractivity contribution in [1.82, 2.24) is 0 Å². The number of benzene rings is 1. The first-order chi connectivity index (χ1) is 8.04. The SMILES string of the molecule is CC1(C)COCCN1c1ccc(F)cc1C#N. The van der Waals surface area contributed by atoms with E-state index in [0.29, 0.717) is 25.3 Å². The van der Waals surface area contributed by atoms with Gasteiger partial charge in [0.05, 0.1) is 30.0 Å². The number of anilines is 1. The predicted molar refractivity (Wildman–Crippen MR) is 63.4 cm³/mol. The molecule has 0 radical (unpaired) electrons. The summed E-state index contributed by atoms with van der Waals surface area (Å²) in [6.07, 6.45) is 0. The molecular weight excluding hydrogens is 219 g/mol. The minimum absolute atomic E-state index is 0.179. The summed E-state index contributed by atoms with van der Waals surface area (Å²) in [4.78, 5) is 2.11. The molecule has 1 aliphatic rings. The second-order valence-corrected chi connectivity index (χ2v) is 4.79. The summed E-state index contributed by atoms with van der Waals surface area (Å²) in [5.41, 5.74) is 0.976. The van der Waals surface area contributed by atoms with Crippen molar-refractivity contribution in [3.05, 3.63) is 29.6 Å². The third kappa shape index (κ3) is 2.25. The summed E-state index contributed by atoms with van der Waals surface area (Å²) in [7, 11) is 0. The molecule has 3 nitrogen and oxygen atoms in total. The van der Waals surface area contributed by atoms with Crippen molar-refractivity contribution < 1.29 is 9.13 Å². The molecule has 1 heterocycles. The van der Waals surface area contributed by atoms with E-state index in [-0.39, 0.29) is 11.4 Å². The van der Waals surface area contributed by atoms with Crippen LogP contribution in [0.25, 0.3) is 0 Å². The van der Waals surface area contributed by atoms with Gasteiger partial charge in [-0.1, -0.05) is 0 Å². The Bertz CT molecular complexity index is 465. The van der Waals surface area contributed by atoms with Crippen LogP contribution in [0.3, 0.4) is 0 Å². The Morgan fingerprint density at radius 1 is 1.47 bits per heavy atom. The van der Waals surface area contributed by atoms with Crippen LogP contribution < -0.4 is 4.90 Å². The van der Waals surface area contributed by atoms with Crippen molar-refractivity contribution in [3.63, 3.8) is 0 Å². The zero-order valence-electron chi connectivity index (χ0n) is 10.0. The maximum Gasteiger partial charge on any atom is 0.124 e. The highest BCUT2D eigenvalue weighted by molar-refractivity contribution is 5.61. The molecule has 2 rings (SSSR count). The van der Waals surface area contributed by atoms with Crippen molar-refractivity contribution in [2.24, 2.45) is 0 Å². The molecule has 0 aromatic heterocycles. The number of halogens is 1. The molecule has 1 aromatic rings. The zero-order chi connectivity index (χ0) is 12.5. The highest BCUT2D eigenvalue weighted by Gasteiger charge is 2.31. The maximum atomic E-state index is 13.1. The third-order valence-corrected chi connectivity index (χ3v) is 3.02. The lowest BCUT2D eigenvalue weighted by molar-refractivity contribution is 0.0643. The Hall–Kier alpha value is -1.60. The number of nitrogens with zero attached hydrogens (tertiary/aromatic N) is 2. The van der Waals surface area contributed by atoms with Crippen molar-refractivity contribution in [2.45, 2.75) is 19.4 Å². The van der Waals surface area contributed by atoms with Crippen LogP contribution in [0.4, 0.5) is 10.1 Å². The Morgan fingerprint density at radius 3 is 2.88 bits per heavy atom. The Kier molecular flexibility index (Phi) is 3.03. The summed E-state index contributed by atoms with van der Waals surface area (Å²) in [6, 6.07) is 6.39. The number of rotatable bonds is 1. The van der Waals surface area contributed by atoms with Gasteiger partial charge in [-0.2, -0.15) is 5.26 Å². The van der Waals surface area contributed by atoms with Gasteiger partial charge in [0.25, 0.3) is 0 Å². The molecule has 0 amide bonds. The van der Waals surface area contributed by atoms with Gasteiger partial charge in [0.2, 0.25) is 0 Å². The van der Waals surface area contributed by atoms with E-state index in [1.807, 2.05) is 6.07 Å². The monoisotopic (exact) mass is 234 g/mol. The number of ether oxygens (including phenoxy) is 1. The molecule has 0 atom stereocenters. The maximum absolute atomic E-state index is 13.1. The minimum atomic E-state index is -0.378. The second kappa shape index (κ2) is 4.34. The van der Waals surface area contributed by atoms with Crippen LogP contribution in [-0.2, 0) is 4.74 Å². The normalized spacial score (nSPS) is 18.8. The highest BCUT2D eigenvalue weighted by Crippen LogP contribution is 2.29. The fourth-order valence-corrected chi connectivity index (χ4v) is 2.14. The molecule has 1 aromatic carbocycles. The first kappa shape index (κ1) is 11.9. The standard InChI is InChI=1S/C13H15FN2O/c1-13(2)9-17-6-5-16(13)12-4-3-11(14)7-10(12)8-15/h3-4,7H,5-6,9H2,1-2H3. The minimum Gasteiger partial charge on any atom is -0.377 e. The van der Waals surface area contributed by atoms with Gasteiger partial charge in [-0.15, -0.1) is 0 Å². The van der Waals surface area contributed by atoms with Crippen molar-refractivity contribution in [2.75, 3.05) is 24.7 Å². The van der Waals surface area contributed by atoms with Crippen molar-refractivity contribution in [1.29, 1.82) is 5.26 Å². The van der Waals surface area contributed by atoms with E-state index in [1.54, 1.807) is 6.07 Å². The van der Waals surface area contributed by atoms with E-state index >= 15 is 0 Å². The zero-order valence-corrected chi connectivity index (χ0v) is 10.0. The molecule has 0 spiro atoms. The first-order valence-corrected chi connectivity index (χ1v) is 5.59. The van der Waals surface area contributed by atoms with Crippen LogP contribution in [0.5, 0.6) is 0 Å². The molecule has 1 saturated heterocycles. The van der Waals surface area contributed by atoms with E-state index in [0.717, 1.165) is 5.69 Å². The number of morpholine rings is 1. The van der Waals surface area contributed by atoms with E-state index in [1.165, 1.54) is 12.1 Å². The molecule has 4 heteroatoms. The summed E-state index contributed by atoms with van der Waals surface area (Å²) in [5.74, 6) is -0.378. The Morgan fingerprint density at radius 2 is 2.24 bits per heavy atom. The molecule has 0 unspecified atom stereocenters. The Balaban J connectivity index is 2.42. The number of nitriles is 1. The lowest BCUT2D eigenvalue weighted by atomic mass is 10.00. The predicted octanol–water partition coefficient (Wildman–Crippen LogP) is 2.31. The molecular formula is C13H15FN2O. The van der Waals surface area contributed by atoms with Crippen LogP contribution >= 0.6 is 0 Å². The van der Waals surface area contributed by atoms with Gasteiger partial charge in [0, 0.05) is 6.54 Å². The molecule has 1 aliphatic heterocycles. The van der Waals surface area contributed by atoms with E-state index in [9.17, 15) is 4.39 Å². The molecule has 0 saturated carbocycles. The van der Waals surface area contributed by atoms with Gasteiger partial charge in [0.1, 0.15) is 11.9 Å². The molecule has 1 fully saturated rings. The first-order valence-electron chi connectivity index (χ1n) is 5.59. The number of hydrogen-bond donors (Lipinski definition) is 0. The fourth-order valence-electron chi connectivity index (χ4n) is 2.14. The average Bonchev–Trinajstić information content (AvgIpc) is 2.29. The highest BCUT2D eigenvalue weighted by atomic mass is 19.1. The van der Waals surface area contributed by atoms with Crippen molar-refractivity contribution >= 4 is 5.69 Å². The Labute approximate surface area is 100 Å². The third-order valence-electron chi connectivity index (χ3n) is 3.02. The van der Waals surface area contributed by atoms with Gasteiger partial charge in [-0.3, -0.25) is 0 Å². The van der Waals surface area contributed by atoms with E-state index in [4.69, 9.17) is 10.00 Å². The van der Waals surface area contributed by atoms with Crippen LogP contribution in [0.15, 0.2) is 18.2 Å². The summed E-state index contributed by atoms with van der Waals surface area (Å²) in [6.45, 7) is 6.06. The largest absolute Gasteiger partial charge is 0.377 e. The van der Waals surface area contributed by atoms with Gasteiger partial charge in [-0.05, 0) is 32.0 Å². The summed E-state index contributed by atoms with van der Waals surface area (Å²) >= 11 is 0. The smallest absolute Gasteiger partial charge is 0.124 e. The lowest BCUT2D eigenvalue weighted by Crippen LogP contribution is -2.53. The topological polar surface area (TPSA) is 36.3 Å². The van der Waals surface area contributed by atoms with Crippen LogP contribution in [0.2, 0.25) is 0 Å². The molecule has 17 heavy (non-hydrogen) atoms. The quantitative estimate of drug-likeness (QED) is 0.748.